The van der Waals surface area contributed by atoms with Crippen molar-refractivity contribution in [1.82, 2.24) is 9.29 Å². The van der Waals surface area contributed by atoms with Crippen molar-refractivity contribution < 1.29 is 8.42 Å². The Morgan fingerprint density at radius 1 is 1.38 bits per heavy atom. The first-order valence-corrected chi connectivity index (χ1v) is 8.30. The van der Waals surface area contributed by atoms with Gasteiger partial charge in [0.05, 0.1) is 5.52 Å². The van der Waals surface area contributed by atoms with Crippen LogP contribution < -0.4 is 0 Å². The van der Waals surface area contributed by atoms with Crippen molar-refractivity contribution in [3.63, 3.8) is 0 Å². The van der Waals surface area contributed by atoms with Gasteiger partial charge in [0.1, 0.15) is 4.90 Å². The highest BCUT2D eigenvalue weighted by Gasteiger charge is 2.25. The van der Waals surface area contributed by atoms with Gasteiger partial charge in [-0.1, -0.05) is 31.2 Å². The second-order valence-electron chi connectivity index (χ2n) is 5.23. The summed E-state index contributed by atoms with van der Waals surface area (Å²) in [5.41, 5.74) is 2.33. The van der Waals surface area contributed by atoms with Gasteiger partial charge in [-0.2, -0.15) is 4.31 Å². The molecule has 1 aromatic carbocycles. The molecule has 0 aliphatic carbocycles. The fourth-order valence-corrected chi connectivity index (χ4v) is 3.93. The van der Waals surface area contributed by atoms with Crippen LogP contribution in [0.5, 0.6) is 0 Å². The monoisotopic (exact) mass is 304 g/mol. The number of pyridine rings is 1. The highest BCUT2D eigenvalue weighted by molar-refractivity contribution is 7.89. The van der Waals surface area contributed by atoms with Crippen molar-refractivity contribution in [2.45, 2.75) is 25.7 Å². The number of likely N-dealkylation sites (N-methyl/N-ethyl adjacent to an activating group) is 1. The number of aromatic nitrogens is 1. The van der Waals surface area contributed by atoms with E-state index in [4.69, 9.17) is 0 Å². The van der Waals surface area contributed by atoms with Gasteiger partial charge in [0.15, 0.2) is 0 Å². The van der Waals surface area contributed by atoms with Crippen LogP contribution >= 0.6 is 0 Å². The molecule has 4 nitrogen and oxygen atoms in total. The normalized spacial score (nSPS) is 12.0. The zero-order valence-corrected chi connectivity index (χ0v) is 13.4. The molecule has 0 spiro atoms. The number of aryl methyl sites for hydroxylation is 1. The molecule has 112 valence electrons. The third-order valence-corrected chi connectivity index (χ3v) is 5.18. The lowest BCUT2D eigenvalue weighted by molar-refractivity contribution is 0.453. The maximum absolute atomic E-state index is 12.8. The third kappa shape index (κ3) is 3.14. The second-order valence-corrected chi connectivity index (χ2v) is 7.14. The number of nitrogens with zero attached hydrogens (tertiary/aromatic N) is 2. The van der Waals surface area contributed by atoms with Crippen LogP contribution in [0.2, 0.25) is 0 Å². The Kier molecular flexibility index (Phi) is 4.44. The van der Waals surface area contributed by atoms with Gasteiger partial charge >= 0.3 is 0 Å². The molecule has 5 heteroatoms. The first-order chi connectivity index (χ1) is 9.86. The van der Waals surface area contributed by atoms with E-state index in [1.807, 2.05) is 32.9 Å². The summed E-state index contributed by atoms with van der Waals surface area (Å²) in [5, 5.41) is 0.836. The molecule has 1 heterocycles. The standard InChI is InChI=1S/C16H20N2O2S/c1-5-18(11-12(2)3)21(19,20)15-8-6-7-14-9-13(4)10-17-16(14)15/h6-10H,2,5,11H2,1,3-4H3. The minimum Gasteiger partial charge on any atom is -0.255 e. The molecule has 0 radical (unpaired) electrons. The van der Waals surface area contributed by atoms with Crippen LogP contribution in [-0.2, 0) is 10.0 Å². The summed E-state index contributed by atoms with van der Waals surface area (Å²) in [4.78, 5) is 4.57. The first kappa shape index (κ1) is 15.7. The van der Waals surface area contributed by atoms with Gasteiger partial charge in [-0.25, -0.2) is 8.42 Å². The van der Waals surface area contributed by atoms with Crippen LogP contribution in [0, 0.1) is 6.92 Å². The fourth-order valence-electron chi connectivity index (χ4n) is 2.26. The van der Waals surface area contributed by atoms with Gasteiger partial charge in [-0.05, 0) is 31.5 Å². The highest BCUT2D eigenvalue weighted by Crippen LogP contribution is 2.25. The maximum atomic E-state index is 12.8. The molecule has 2 rings (SSSR count). The molecule has 0 fully saturated rings. The summed E-state index contributed by atoms with van der Waals surface area (Å²) >= 11 is 0. The van der Waals surface area contributed by atoms with E-state index >= 15 is 0 Å². The predicted molar refractivity (Wildman–Crippen MR) is 85.7 cm³/mol. The number of rotatable bonds is 5. The number of benzene rings is 1. The van der Waals surface area contributed by atoms with E-state index < -0.39 is 10.0 Å². The van der Waals surface area contributed by atoms with E-state index in [1.54, 1.807) is 18.3 Å². The second kappa shape index (κ2) is 5.95. The molecular weight excluding hydrogens is 284 g/mol. The third-order valence-electron chi connectivity index (χ3n) is 3.23. The average Bonchev–Trinajstić information content (AvgIpc) is 2.43. The number of fused-ring (bicyclic) bond motifs is 1. The Labute approximate surface area is 126 Å². The molecule has 1 aromatic heterocycles. The summed E-state index contributed by atoms with van der Waals surface area (Å²) < 4.78 is 27.1. The molecule has 0 bridgehead atoms. The molecule has 0 saturated heterocycles. The Morgan fingerprint density at radius 3 is 2.71 bits per heavy atom. The van der Waals surface area contributed by atoms with Gasteiger partial charge in [0, 0.05) is 24.7 Å². The molecule has 0 aliphatic rings. The first-order valence-electron chi connectivity index (χ1n) is 6.86. The van der Waals surface area contributed by atoms with E-state index in [2.05, 4.69) is 11.6 Å². The lowest BCUT2D eigenvalue weighted by Crippen LogP contribution is -2.32. The summed E-state index contributed by atoms with van der Waals surface area (Å²) in [7, 11) is -3.58. The van der Waals surface area contributed by atoms with Crippen LogP contribution in [0.4, 0.5) is 0 Å². The van der Waals surface area contributed by atoms with Crippen LogP contribution in [0.15, 0.2) is 47.5 Å². The molecule has 0 amide bonds. The van der Waals surface area contributed by atoms with Crippen molar-refractivity contribution in [3.8, 4) is 0 Å². The van der Waals surface area contributed by atoms with Gasteiger partial charge in [0.2, 0.25) is 10.0 Å². The summed E-state index contributed by atoms with van der Waals surface area (Å²) in [6, 6.07) is 7.19. The molecule has 0 aliphatic heterocycles. The summed E-state index contributed by atoms with van der Waals surface area (Å²) in [6.07, 6.45) is 1.69. The van der Waals surface area contributed by atoms with E-state index in [9.17, 15) is 8.42 Å². The largest absolute Gasteiger partial charge is 0.255 e. The van der Waals surface area contributed by atoms with Crippen LogP contribution in [0.3, 0.4) is 0 Å². The SMILES string of the molecule is C=C(C)CN(CC)S(=O)(=O)c1cccc2cc(C)cnc12. The van der Waals surface area contributed by atoms with Crippen LogP contribution in [-0.4, -0.2) is 30.8 Å². The number of hydrogen-bond acceptors (Lipinski definition) is 3. The molecule has 0 saturated carbocycles. The topological polar surface area (TPSA) is 50.3 Å². The van der Waals surface area contributed by atoms with Crippen LogP contribution in [0.25, 0.3) is 10.9 Å². The number of para-hydroxylation sites is 1. The molecule has 0 N–H and O–H groups in total. The smallest absolute Gasteiger partial charge is 0.245 e. The van der Waals surface area contributed by atoms with Crippen molar-refractivity contribution in [1.29, 1.82) is 0 Å². The maximum Gasteiger partial charge on any atom is 0.245 e. The predicted octanol–water partition coefficient (Wildman–Crippen LogP) is 3.13. The highest BCUT2D eigenvalue weighted by atomic mass is 32.2. The van der Waals surface area contributed by atoms with Crippen LogP contribution in [0.1, 0.15) is 19.4 Å². The van der Waals surface area contributed by atoms with Gasteiger partial charge in [-0.3, -0.25) is 4.98 Å². The molecule has 0 atom stereocenters. The van der Waals surface area contributed by atoms with Crippen molar-refractivity contribution >= 4 is 20.9 Å². The van der Waals surface area contributed by atoms with E-state index in [1.165, 1.54) is 4.31 Å². The zero-order valence-electron chi connectivity index (χ0n) is 12.6. The van der Waals surface area contributed by atoms with Crippen molar-refractivity contribution in [2.24, 2.45) is 0 Å². The molecule has 21 heavy (non-hydrogen) atoms. The quantitative estimate of drug-likeness (QED) is 0.797. The zero-order chi connectivity index (χ0) is 15.6. The summed E-state index contributed by atoms with van der Waals surface area (Å²) in [5.74, 6) is 0. The Balaban J connectivity index is 2.61. The minimum absolute atomic E-state index is 0.253. The van der Waals surface area contributed by atoms with Gasteiger partial charge in [0.25, 0.3) is 0 Å². The molecule has 2 aromatic rings. The number of sulfonamides is 1. The Bertz CT molecular complexity index is 782. The van der Waals surface area contributed by atoms with Crippen molar-refractivity contribution in [2.75, 3.05) is 13.1 Å². The van der Waals surface area contributed by atoms with E-state index in [0.29, 0.717) is 18.6 Å². The van der Waals surface area contributed by atoms with Gasteiger partial charge < -0.3 is 0 Å². The summed E-state index contributed by atoms with van der Waals surface area (Å²) in [6.45, 7) is 10.1. The minimum atomic E-state index is -3.58. The molecular formula is C16H20N2O2S. The van der Waals surface area contributed by atoms with E-state index in [0.717, 1.165) is 16.5 Å². The Hall–Kier alpha value is -1.72. The average molecular weight is 304 g/mol. The molecule has 0 unspecified atom stereocenters. The lowest BCUT2D eigenvalue weighted by atomic mass is 10.2. The Morgan fingerprint density at radius 2 is 2.10 bits per heavy atom. The van der Waals surface area contributed by atoms with E-state index in [-0.39, 0.29) is 4.90 Å². The number of hydrogen-bond donors (Lipinski definition) is 0. The van der Waals surface area contributed by atoms with Crippen molar-refractivity contribution in [3.05, 3.63) is 48.2 Å². The lowest BCUT2D eigenvalue weighted by Gasteiger charge is -2.21. The fraction of sp³-hybridized carbons (Fsp3) is 0.312. The van der Waals surface area contributed by atoms with Gasteiger partial charge in [-0.15, -0.1) is 0 Å².